The van der Waals surface area contributed by atoms with Gasteiger partial charge in [-0.05, 0) is 55.3 Å². The van der Waals surface area contributed by atoms with Gasteiger partial charge < -0.3 is 9.64 Å². The highest BCUT2D eigenvalue weighted by atomic mass is 35.5. The van der Waals surface area contributed by atoms with Crippen molar-refractivity contribution >= 4 is 33.2 Å². The molecule has 3 rings (SSSR count). The van der Waals surface area contributed by atoms with Gasteiger partial charge in [0.2, 0.25) is 15.9 Å². The van der Waals surface area contributed by atoms with Crippen molar-refractivity contribution in [3.8, 4) is 5.75 Å². The van der Waals surface area contributed by atoms with Crippen molar-refractivity contribution in [2.75, 3.05) is 32.1 Å². The maximum atomic E-state index is 13.1. The molecule has 9 heteroatoms. The number of carbonyl (C=O) groups excluding carboxylic acids is 1. The molecular formula is C20H22ClFN2O4S. The predicted octanol–water partition coefficient (Wildman–Crippen LogP) is 3.55. The smallest absolute Gasteiger partial charge is 0.243 e. The largest absolute Gasteiger partial charge is 0.495 e. The number of ether oxygens (including phenoxy) is 1. The molecule has 0 N–H and O–H groups in total. The Morgan fingerprint density at radius 3 is 2.55 bits per heavy atom. The Morgan fingerprint density at radius 2 is 1.93 bits per heavy atom. The maximum Gasteiger partial charge on any atom is 0.243 e. The molecule has 0 saturated carbocycles. The van der Waals surface area contributed by atoms with Crippen molar-refractivity contribution in [1.29, 1.82) is 0 Å². The van der Waals surface area contributed by atoms with Crippen molar-refractivity contribution in [1.82, 2.24) is 4.31 Å². The van der Waals surface area contributed by atoms with Crippen LogP contribution >= 0.6 is 11.6 Å². The van der Waals surface area contributed by atoms with Crippen LogP contribution in [-0.2, 0) is 14.8 Å². The number of anilines is 1. The molecule has 29 heavy (non-hydrogen) atoms. The minimum Gasteiger partial charge on any atom is -0.495 e. The lowest BCUT2D eigenvalue weighted by molar-refractivity contribution is -0.123. The van der Waals surface area contributed by atoms with Crippen LogP contribution in [0.3, 0.4) is 0 Å². The van der Waals surface area contributed by atoms with Crippen molar-refractivity contribution in [3.05, 3.63) is 53.3 Å². The number of benzene rings is 2. The summed E-state index contributed by atoms with van der Waals surface area (Å²) in [6, 6.07) is 9.90. The molecule has 156 valence electrons. The Kier molecular flexibility index (Phi) is 6.45. The topological polar surface area (TPSA) is 66.9 Å². The Bertz CT molecular complexity index is 998. The SMILES string of the molecule is COc1ccc(S(=O)(=O)N2CCCC(C(=O)N(C)c3ccc(F)cc3)C2)cc1Cl. The summed E-state index contributed by atoms with van der Waals surface area (Å²) in [6.45, 7) is 0.409. The van der Waals surface area contributed by atoms with Crippen molar-refractivity contribution < 1.29 is 22.3 Å². The fourth-order valence-corrected chi connectivity index (χ4v) is 5.26. The molecule has 1 aliphatic heterocycles. The van der Waals surface area contributed by atoms with Gasteiger partial charge in [-0.1, -0.05) is 11.6 Å². The molecule has 6 nitrogen and oxygen atoms in total. The molecule has 1 aliphatic rings. The fraction of sp³-hybridized carbons (Fsp3) is 0.350. The van der Waals surface area contributed by atoms with Crippen LogP contribution in [0.5, 0.6) is 5.75 Å². The van der Waals surface area contributed by atoms with E-state index >= 15 is 0 Å². The summed E-state index contributed by atoms with van der Waals surface area (Å²) in [5.41, 5.74) is 0.554. The van der Waals surface area contributed by atoms with Gasteiger partial charge in [-0.3, -0.25) is 4.79 Å². The quantitative estimate of drug-likeness (QED) is 0.713. The van der Waals surface area contributed by atoms with Gasteiger partial charge in [0.1, 0.15) is 11.6 Å². The van der Waals surface area contributed by atoms with Crippen LogP contribution in [0.25, 0.3) is 0 Å². The molecule has 0 aliphatic carbocycles. The molecule has 0 radical (unpaired) electrons. The van der Waals surface area contributed by atoms with Crippen LogP contribution < -0.4 is 9.64 Å². The highest BCUT2D eigenvalue weighted by molar-refractivity contribution is 7.89. The number of rotatable bonds is 5. The summed E-state index contributed by atoms with van der Waals surface area (Å²) in [4.78, 5) is 14.4. The summed E-state index contributed by atoms with van der Waals surface area (Å²) < 4.78 is 45.6. The molecule has 1 unspecified atom stereocenters. The summed E-state index contributed by atoms with van der Waals surface area (Å²) in [7, 11) is -0.743. The molecule has 2 aromatic rings. The first-order chi connectivity index (χ1) is 13.7. The first-order valence-electron chi connectivity index (χ1n) is 9.11. The number of carbonyl (C=O) groups is 1. The molecule has 1 heterocycles. The molecule has 1 saturated heterocycles. The molecule has 0 aromatic heterocycles. The number of nitrogens with zero attached hydrogens (tertiary/aromatic N) is 2. The van der Waals surface area contributed by atoms with Crippen molar-refractivity contribution in [3.63, 3.8) is 0 Å². The van der Waals surface area contributed by atoms with Crippen LogP contribution in [0.1, 0.15) is 12.8 Å². The number of amides is 1. The van der Waals surface area contributed by atoms with Crippen molar-refractivity contribution in [2.24, 2.45) is 5.92 Å². The van der Waals surface area contributed by atoms with E-state index in [2.05, 4.69) is 0 Å². The lowest BCUT2D eigenvalue weighted by Crippen LogP contribution is -2.45. The number of halogens is 2. The van der Waals surface area contributed by atoms with Gasteiger partial charge >= 0.3 is 0 Å². The zero-order valence-electron chi connectivity index (χ0n) is 16.1. The van der Waals surface area contributed by atoms with Gasteiger partial charge in [0.15, 0.2) is 0 Å². The van der Waals surface area contributed by atoms with Gasteiger partial charge in [0.25, 0.3) is 0 Å². The summed E-state index contributed by atoms with van der Waals surface area (Å²) in [6.07, 6.45) is 1.15. The highest BCUT2D eigenvalue weighted by Gasteiger charge is 2.35. The Balaban J connectivity index is 1.78. The number of sulfonamides is 1. The second kappa shape index (κ2) is 8.69. The summed E-state index contributed by atoms with van der Waals surface area (Å²) in [5.74, 6) is -0.688. The average molecular weight is 441 g/mol. The third kappa shape index (κ3) is 4.55. The van der Waals surface area contributed by atoms with Gasteiger partial charge in [0, 0.05) is 25.8 Å². The first-order valence-corrected chi connectivity index (χ1v) is 10.9. The van der Waals surface area contributed by atoms with E-state index in [1.807, 2.05) is 0 Å². The average Bonchev–Trinajstić information content (AvgIpc) is 2.73. The third-order valence-corrected chi connectivity index (χ3v) is 7.20. The van der Waals surface area contributed by atoms with Crippen LogP contribution in [-0.4, -0.2) is 45.9 Å². The second-order valence-electron chi connectivity index (χ2n) is 6.87. The van der Waals surface area contributed by atoms with E-state index in [4.69, 9.17) is 16.3 Å². The zero-order valence-corrected chi connectivity index (χ0v) is 17.7. The number of methoxy groups -OCH3 is 1. The van der Waals surface area contributed by atoms with Gasteiger partial charge in [-0.25, -0.2) is 12.8 Å². The standard InChI is InChI=1S/C20H22ClFN2O4S/c1-23(16-7-5-15(22)6-8-16)20(25)14-4-3-11-24(13-14)29(26,27)17-9-10-19(28-2)18(21)12-17/h5-10,12,14H,3-4,11,13H2,1-2H3. The third-order valence-electron chi connectivity index (χ3n) is 5.04. The summed E-state index contributed by atoms with van der Waals surface area (Å²) in [5, 5.41) is 0.203. The lowest BCUT2D eigenvalue weighted by atomic mass is 9.98. The molecule has 2 aromatic carbocycles. The minimum atomic E-state index is -3.80. The van der Waals surface area contributed by atoms with Gasteiger partial charge in [-0.15, -0.1) is 0 Å². The van der Waals surface area contributed by atoms with E-state index in [9.17, 15) is 17.6 Å². The Hall–Kier alpha value is -2.16. The fourth-order valence-electron chi connectivity index (χ4n) is 3.38. The second-order valence-corrected chi connectivity index (χ2v) is 9.22. The van der Waals surface area contributed by atoms with Crippen LogP contribution in [0.2, 0.25) is 5.02 Å². The van der Waals surface area contributed by atoms with E-state index in [1.54, 1.807) is 7.05 Å². The molecule has 0 spiro atoms. The molecule has 1 amide bonds. The molecule has 0 bridgehead atoms. The molecule has 1 atom stereocenters. The Labute approximate surface area is 174 Å². The number of hydrogen-bond acceptors (Lipinski definition) is 4. The van der Waals surface area contributed by atoms with Crippen LogP contribution in [0, 0.1) is 11.7 Å². The van der Waals surface area contributed by atoms with E-state index in [1.165, 1.54) is 58.8 Å². The highest BCUT2D eigenvalue weighted by Crippen LogP contribution is 2.31. The molecule has 1 fully saturated rings. The minimum absolute atomic E-state index is 0.0586. The van der Waals surface area contributed by atoms with Crippen LogP contribution in [0.4, 0.5) is 10.1 Å². The van der Waals surface area contributed by atoms with Crippen LogP contribution in [0.15, 0.2) is 47.4 Å². The van der Waals surface area contributed by atoms with E-state index < -0.39 is 15.9 Å². The maximum absolute atomic E-state index is 13.1. The van der Waals surface area contributed by atoms with Gasteiger partial charge in [-0.2, -0.15) is 4.31 Å². The number of hydrogen-bond donors (Lipinski definition) is 0. The van der Waals surface area contributed by atoms with E-state index in [0.717, 1.165) is 0 Å². The first kappa shape index (κ1) is 21.5. The summed E-state index contributed by atoms with van der Waals surface area (Å²) >= 11 is 6.08. The van der Waals surface area contributed by atoms with E-state index in [-0.39, 0.29) is 28.2 Å². The number of piperidine rings is 1. The predicted molar refractivity (Wildman–Crippen MR) is 109 cm³/mol. The molecular weight excluding hydrogens is 419 g/mol. The van der Waals surface area contributed by atoms with Gasteiger partial charge in [0.05, 0.1) is 22.9 Å². The van der Waals surface area contributed by atoms with Crippen molar-refractivity contribution in [2.45, 2.75) is 17.7 Å². The normalized spacial score (nSPS) is 17.7. The zero-order chi connectivity index (χ0) is 21.2. The Morgan fingerprint density at radius 1 is 1.24 bits per heavy atom. The monoisotopic (exact) mass is 440 g/mol. The lowest BCUT2D eigenvalue weighted by Gasteiger charge is -2.33. The van der Waals surface area contributed by atoms with E-state index in [0.29, 0.717) is 30.8 Å².